The largest absolute Gasteiger partial charge is 0.480 e. The molecule has 118 valence electrons. The first kappa shape index (κ1) is 18.7. The van der Waals surface area contributed by atoms with Crippen molar-refractivity contribution in [2.24, 2.45) is 5.41 Å². The second-order valence-corrected chi connectivity index (χ2v) is 6.67. The molecule has 0 aromatic rings. The van der Waals surface area contributed by atoms with E-state index in [9.17, 15) is 14.7 Å². The van der Waals surface area contributed by atoms with Crippen LogP contribution in [0.3, 0.4) is 0 Å². The molecule has 0 rings (SSSR count). The van der Waals surface area contributed by atoms with E-state index in [1.165, 1.54) is 18.7 Å². The molecule has 0 saturated carbocycles. The molecule has 6 heteroatoms. The number of carbonyl (C=O) groups is 2. The predicted molar refractivity (Wildman–Crippen MR) is 79.8 cm³/mol. The van der Waals surface area contributed by atoms with Gasteiger partial charge in [0.25, 0.3) is 0 Å². The third-order valence-electron chi connectivity index (χ3n) is 3.22. The Kier molecular flexibility index (Phi) is 6.47. The molecule has 20 heavy (non-hydrogen) atoms. The summed E-state index contributed by atoms with van der Waals surface area (Å²) in [5.41, 5.74) is -1.30. The number of hydrogen-bond acceptors (Lipinski definition) is 3. The fourth-order valence-corrected chi connectivity index (χ4v) is 2.23. The van der Waals surface area contributed by atoms with Gasteiger partial charge in [-0.05, 0) is 40.3 Å². The van der Waals surface area contributed by atoms with Gasteiger partial charge < -0.3 is 20.2 Å². The van der Waals surface area contributed by atoms with Crippen LogP contribution >= 0.6 is 0 Å². The first-order chi connectivity index (χ1) is 8.94. The van der Waals surface area contributed by atoms with Crippen molar-refractivity contribution in [2.75, 3.05) is 33.7 Å². The molecule has 0 aromatic carbocycles. The lowest BCUT2D eigenvalue weighted by atomic mass is 9.93. The summed E-state index contributed by atoms with van der Waals surface area (Å²) in [4.78, 5) is 26.8. The Bertz CT molecular complexity index is 352. The third kappa shape index (κ3) is 5.36. The number of likely N-dealkylation sites (N-methyl/N-ethyl adjacent to an activating group) is 1. The van der Waals surface area contributed by atoms with Crippen LogP contribution in [0.1, 0.15) is 34.6 Å². The standard InChI is InChI=1S/C14H29N3O3/c1-8-17(14(4,5)11(18)19)12(20)15-9-13(2,3)10-16(6)7/h8-10H2,1-7H3,(H,15,20)(H,18,19). The maximum atomic E-state index is 12.2. The summed E-state index contributed by atoms with van der Waals surface area (Å²) in [6.45, 7) is 10.6. The first-order valence-electron chi connectivity index (χ1n) is 6.87. The Morgan fingerprint density at radius 1 is 1.15 bits per heavy atom. The summed E-state index contributed by atoms with van der Waals surface area (Å²) in [5, 5.41) is 12.0. The van der Waals surface area contributed by atoms with Crippen molar-refractivity contribution in [1.82, 2.24) is 15.1 Å². The van der Waals surface area contributed by atoms with Crippen LogP contribution in [-0.4, -0.2) is 66.2 Å². The van der Waals surface area contributed by atoms with E-state index in [1.807, 2.05) is 14.1 Å². The van der Waals surface area contributed by atoms with Crippen molar-refractivity contribution < 1.29 is 14.7 Å². The van der Waals surface area contributed by atoms with Gasteiger partial charge in [0.05, 0.1) is 0 Å². The Morgan fingerprint density at radius 2 is 1.65 bits per heavy atom. The minimum atomic E-state index is -1.22. The van der Waals surface area contributed by atoms with E-state index in [2.05, 4.69) is 24.1 Å². The lowest BCUT2D eigenvalue weighted by Crippen LogP contribution is -2.57. The fourth-order valence-electron chi connectivity index (χ4n) is 2.23. The van der Waals surface area contributed by atoms with Gasteiger partial charge in [-0.1, -0.05) is 13.8 Å². The van der Waals surface area contributed by atoms with E-state index in [-0.39, 0.29) is 11.4 Å². The average Bonchev–Trinajstić information content (AvgIpc) is 2.25. The first-order valence-corrected chi connectivity index (χ1v) is 6.87. The zero-order valence-corrected chi connectivity index (χ0v) is 13.8. The summed E-state index contributed by atoms with van der Waals surface area (Å²) >= 11 is 0. The minimum Gasteiger partial charge on any atom is -0.480 e. The normalized spacial score (nSPS) is 12.4. The molecule has 0 radical (unpaired) electrons. The van der Waals surface area contributed by atoms with E-state index in [0.29, 0.717) is 13.1 Å². The molecule has 0 heterocycles. The quantitative estimate of drug-likeness (QED) is 0.743. The van der Waals surface area contributed by atoms with Gasteiger partial charge in [0.15, 0.2) is 0 Å². The van der Waals surface area contributed by atoms with E-state index in [4.69, 9.17) is 0 Å². The SMILES string of the molecule is CCN(C(=O)NCC(C)(C)CN(C)C)C(C)(C)C(=O)O. The molecular formula is C14H29N3O3. The van der Waals surface area contributed by atoms with Gasteiger partial charge in [0.2, 0.25) is 0 Å². The molecule has 0 unspecified atom stereocenters. The van der Waals surface area contributed by atoms with Crippen LogP contribution in [0.25, 0.3) is 0 Å². The van der Waals surface area contributed by atoms with Crippen LogP contribution in [0.15, 0.2) is 0 Å². The Morgan fingerprint density at radius 3 is 2.00 bits per heavy atom. The van der Waals surface area contributed by atoms with Crippen LogP contribution in [0, 0.1) is 5.41 Å². The topological polar surface area (TPSA) is 72.9 Å². The van der Waals surface area contributed by atoms with Crippen LogP contribution in [0.5, 0.6) is 0 Å². The van der Waals surface area contributed by atoms with Gasteiger partial charge in [-0.15, -0.1) is 0 Å². The Balaban J connectivity index is 4.71. The molecule has 6 nitrogen and oxygen atoms in total. The molecule has 0 fully saturated rings. The predicted octanol–water partition coefficient (Wildman–Crippen LogP) is 1.47. The van der Waals surface area contributed by atoms with Gasteiger partial charge in [0, 0.05) is 19.6 Å². The molecule has 0 aliphatic rings. The number of nitrogens with one attached hydrogen (secondary N) is 1. The maximum Gasteiger partial charge on any atom is 0.329 e. The molecule has 0 saturated heterocycles. The number of carboxylic acids is 1. The van der Waals surface area contributed by atoms with Gasteiger partial charge >= 0.3 is 12.0 Å². The van der Waals surface area contributed by atoms with Crippen molar-refractivity contribution >= 4 is 12.0 Å². The number of urea groups is 1. The highest BCUT2D eigenvalue weighted by atomic mass is 16.4. The maximum absolute atomic E-state index is 12.2. The zero-order valence-electron chi connectivity index (χ0n) is 13.8. The smallest absolute Gasteiger partial charge is 0.329 e. The summed E-state index contributed by atoms with van der Waals surface area (Å²) in [6, 6.07) is -0.341. The van der Waals surface area contributed by atoms with Crippen molar-refractivity contribution in [3.8, 4) is 0 Å². The second-order valence-electron chi connectivity index (χ2n) is 6.67. The molecule has 2 amide bonds. The van der Waals surface area contributed by atoms with Gasteiger partial charge in [0.1, 0.15) is 5.54 Å². The molecule has 0 spiro atoms. The average molecular weight is 287 g/mol. The fraction of sp³-hybridized carbons (Fsp3) is 0.857. The molecule has 0 aliphatic heterocycles. The summed E-state index contributed by atoms with van der Waals surface area (Å²) < 4.78 is 0. The highest BCUT2D eigenvalue weighted by Crippen LogP contribution is 2.17. The van der Waals surface area contributed by atoms with Crippen molar-refractivity contribution in [2.45, 2.75) is 40.2 Å². The van der Waals surface area contributed by atoms with E-state index < -0.39 is 11.5 Å². The highest BCUT2D eigenvalue weighted by Gasteiger charge is 2.37. The number of aliphatic carboxylic acids is 1. The molecule has 0 atom stereocenters. The number of rotatable bonds is 7. The van der Waals surface area contributed by atoms with Crippen molar-refractivity contribution in [1.29, 1.82) is 0 Å². The third-order valence-corrected chi connectivity index (χ3v) is 3.22. The van der Waals surface area contributed by atoms with Crippen molar-refractivity contribution in [3.63, 3.8) is 0 Å². The number of amides is 2. The van der Waals surface area contributed by atoms with E-state index in [0.717, 1.165) is 6.54 Å². The minimum absolute atomic E-state index is 0.0774. The van der Waals surface area contributed by atoms with Crippen LogP contribution in [0.4, 0.5) is 4.79 Å². The monoisotopic (exact) mass is 287 g/mol. The highest BCUT2D eigenvalue weighted by molar-refractivity contribution is 5.85. The summed E-state index contributed by atoms with van der Waals surface area (Å²) in [5.74, 6) is -1.01. The second kappa shape index (κ2) is 6.92. The lowest BCUT2D eigenvalue weighted by Gasteiger charge is -2.36. The van der Waals surface area contributed by atoms with E-state index in [1.54, 1.807) is 6.92 Å². The number of carboxylic acid groups (broad SMARTS) is 1. The summed E-state index contributed by atoms with van der Waals surface area (Å²) in [7, 11) is 3.96. The lowest BCUT2D eigenvalue weighted by molar-refractivity contribution is -0.147. The van der Waals surface area contributed by atoms with Gasteiger partial charge in [-0.25, -0.2) is 9.59 Å². The van der Waals surface area contributed by atoms with E-state index >= 15 is 0 Å². The number of nitrogens with zero attached hydrogens (tertiary/aromatic N) is 2. The molecule has 2 N–H and O–H groups in total. The molecule has 0 aromatic heterocycles. The number of hydrogen-bond donors (Lipinski definition) is 2. The Labute approximate surface area is 122 Å². The molecule has 0 aliphatic carbocycles. The van der Waals surface area contributed by atoms with Crippen molar-refractivity contribution in [3.05, 3.63) is 0 Å². The van der Waals surface area contributed by atoms with Gasteiger partial charge in [-0.3, -0.25) is 0 Å². The van der Waals surface area contributed by atoms with Crippen LogP contribution < -0.4 is 5.32 Å². The number of carbonyl (C=O) groups excluding carboxylic acids is 1. The molecular weight excluding hydrogens is 258 g/mol. The van der Waals surface area contributed by atoms with Crippen LogP contribution in [-0.2, 0) is 4.79 Å². The Hall–Kier alpha value is -1.30. The zero-order chi connectivity index (χ0) is 16.1. The van der Waals surface area contributed by atoms with Gasteiger partial charge in [-0.2, -0.15) is 0 Å². The van der Waals surface area contributed by atoms with Crippen LogP contribution in [0.2, 0.25) is 0 Å². The molecule has 0 bridgehead atoms. The summed E-state index contributed by atoms with van der Waals surface area (Å²) in [6.07, 6.45) is 0.